The molecule has 2 rings (SSSR count). The van der Waals surface area contributed by atoms with E-state index in [1.54, 1.807) is 0 Å². The fourth-order valence-electron chi connectivity index (χ4n) is 1.97. The van der Waals surface area contributed by atoms with Gasteiger partial charge in [0.05, 0.1) is 0 Å². The molecule has 2 aromatic rings. The van der Waals surface area contributed by atoms with Gasteiger partial charge in [-0.15, -0.1) is 0 Å². The zero-order chi connectivity index (χ0) is 17.1. The molecule has 0 aliphatic rings. The minimum absolute atomic E-state index is 1.20. The Morgan fingerprint density at radius 3 is 1.59 bits per heavy atom. The van der Waals surface area contributed by atoms with Gasteiger partial charge in [0.2, 0.25) is 0 Å². The molecule has 0 aliphatic heterocycles. The number of anilines is 3. The first kappa shape index (κ1) is 20.0. The highest BCUT2D eigenvalue weighted by atomic mass is 15.1. The average Bonchev–Trinajstić information content (AvgIpc) is 2.58. The zero-order valence-corrected chi connectivity index (χ0v) is 15.5. The first-order valence-electron chi connectivity index (χ1n) is 8.16. The van der Waals surface area contributed by atoms with E-state index in [9.17, 15) is 0 Å². The third kappa shape index (κ3) is 5.80. The second-order valence-electron chi connectivity index (χ2n) is 4.81. The van der Waals surface area contributed by atoms with Crippen molar-refractivity contribution < 1.29 is 0 Å². The summed E-state index contributed by atoms with van der Waals surface area (Å²) < 4.78 is 0. The summed E-state index contributed by atoms with van der Waals surface area (Å²) in [5.41, 5.74) is 4.91. The molecule has 0 fully saturated rings. The molecule has 0 N–H and O–H groups in total. The van der Waals surface area contributed by atoms with Crippen molar-refractivity contribution in [2.45, 2.75) is 34.6 Å². The minimum atomic E-state index is 1.20. The summed E-state index contributed by atoms with van der Waals surface area (Å²) in [5.74, 6) is 0. The largest absolute Gasteiger partial charge is 0.378 e. The van der Waals surface area contributed by atoms with Crippen molar-refractivity contribution in [3.05, 3.63) is 54.1 Å². The lowest BCUT2D eigenvalue weighted by atomic mass is 10.2. The molecule has 22 heavy (non-hydrogen) atoms. The van der Waals surface area contributed by atoms with Crippen LogP contribution in [-0.4, -0.2) is 21.1 Å². The Morgan fingerprint density at radius 1 is 0.636 bits per heavy atom. The van der Waals surface area contributed by atoms with Gasteiger partial charge in [0.25, 0.3) is 0 Å². The number of hydrogen-bond donors (Lipinski definition) is 0. The number of aryl methyl sites for hydroxylation is 1. The lowest BCUT2D eigenvalue weighted by Gasteiger charge is -2.22. The molecular formula is C20H32N2. The molecule has 0 spiro atoms. The maximum absolute atomic E-state index is 2.21. The van der Waals surface area contributed by atoms with Crippen LogP contribution in [0.3, 0.4) is 0 Å². The van der Waals surface area contributed by atoms with Gasteiger partial charge in [0.1, 0.15) is 0 Å². The summed E-state index contributed by atoms with van der Waals surface area (Å²) in [5, 5.41) is 0. The van der Waals surface area contributed by atoms with Crippen molar-refractivity contribution >= 4 is 17.1 Å². The van der Waals surface area contributed by atoms with E-state index in [1.807, 2.05) is 27.7 Å². The minimum Gasteiger partial charge on any atom is -0.378 e. The molecule has 2 aromatic carbocycles. The van der Waals surface area contributed by atoms with Crippen LogP contribution < -0.4 is 9.80 Å². The normalized spacial score (nSPS) is 8.91. The molecule has 0 aliphatic carbocycles. The van der Waals surface area contributed by atoms with E-state index in [0.29, 0.717) is 0 Å². The van der Waals surface area contributed by atoms with E-state index in [1.165, 1.54) is 22.6 Å². The quantitative estimate of drug-likeness (QED) is 0.698. The lowest BCUT2D eigenvalue weighted by molar-refractivity contribution is 1.12. The summed E-state index contributed by atoms with van der Waals surface area (Å²) in [6.07, 6.45) is 0. The average molecular weight is 300 g/mol. The highest BCUT2D eigenvalue weighted by molar-refractivity contribution is 5.67. The van der Waals surface area contributed by atoms with Crippen LogP contribution in [0.15, 0.2) is 48.5 Å². The standard InChI is InChI=1S/C16H20N2.2C2H6/c1-13-7-5-9-15(11-13)18(4)16-10-6-8-14(12-16)17(2)3;2*1-2/h5-12H,1-4H3;2*1-2H3. The van der Waals surface area contributed by atoms with E-state index in [4.69, 9.17) is 0 Å². The van der Waals surface area contributed by atoms with Crippen LogP contribution in [0.2, 0.25) is 0 Å². The molecule has 0 radical (unpaired) electrons. The van der Waals surface area contributed by atoms with Crippen LogP contribution >= 0.6 is 0 Å². The van der Waals surface area contributed by atoms with Crippen molar-refractivity contribution in [3.63, 3.8) is 0 Å². The van der Waals surface area contributed by atoms with Crippen molar-refractivity contribution in [2.24, 2.45) is 0 Å². The molecule has 0 saturated carbocycles. The Hall–Kier alpha value is -1.96. The highest BCUT2D eigenvalue weighted by Gasteiger charge is 2.05. The Bertz CT molecular complexity index is 533. The van der Waals surface area contributed by atoms with Crippen LogP contribution in [-0.2, 0) is 0 Å². The number of hydrogen-bond acceptors (Lipinski definition) is 2. The zero-order valence-electron chi connectivity index (χ0n) is 15.5. The first-order chi connectivity index (χ1) is 10.6. The second-order valence-corrected chi connectivity index (χ2v) is 4.81. The summed E-state index contributed by atoms with van der Waals surface area (Å²) in [4.78, 5) is 4.33. The topological polar surface area (TPSA) is 6.48 Å². The molecule has 2 nitrogen and oxygen atoms in total. The van der Waals surface area contributed by atoms with Crippen molar-refractivity contribution in [3.8, 4) is 0 Å². The highest BCUT2D eigenvalue weighted by Crippen LogP contribution is 2.27. The van der Waals surface area contributed by atoms with Crippen LogP contribution in [0.4, 0.5) is 17.1 Å². The molecular weight excluding hydrogens is 268 g/mol. The smallest absolute Gasteiger partial charge is 0.0428 e. The van der Waals surface area contributed by atoms with Gasteiger partial charge in [-0.2, -0.15) is 0 Å². The van der Waals surface area contributed by atoms with Gasteiger partial charge >= 0.3 is 0 Å². The van der Waals surface area contributed by atoms with E-state index in [2.05, 4.69) is 86.4 Å². The van der Waals surface area contributed by atoms with E-state index in [0.717, 1.165) is 0 Å². The summed E-state index contributed by atoms with van der Waals surface area (Å²) in [6.45, 7) is 10.1. The van der Waals surface area contributed by atoms with E-state index in [-0.39, 0.29) is 0 Å². The molecule has 122 valence electrons. The number of rotatable bonds is 3. The Labute approximate surface area is 137 Å². The van der Waals surface area contributed by atoms with Gasteiger partial charge in [-0.1, -0.05) is 45.9 Å². The molecule has 0 amide bonds. The van der Waals surface area contributed by atoms with Crippen molar-refractivity contribution in [2.75, 3.05) is 30.9 Å². The van der Waals surface area contributed by atoms with Crippen LogP contribution in [0.25, 0.3) is 0 Å². The molecule has 0 bridgehead atoms. The fourth-order valence-corrected chi connectivity index (χ4v) is 1.97. The maximum Gasteiger partial charge on any atom is 0.0428 e. The Morgan fingerprint density at radius 2 is 1.09 bits per heavy atom. The van der Waals surface area contributed by atoms with Gasteiger partial charge in [-0.05, 0) is 42.8 Å². The molecule has 0 saturated heterocycles. The van der Waals surface area contributed by atoms with Gasteiger partial charge < -0.3 is 9.80 Å². The van der Waals surface area contributed by atoms with Gasteiger partial charge in [0, 0.05) is 38.2 Å². The first-order valence-corrected chi connectivity index (χ1v) is 8.16. The Kier molecular flexibility index (Phi) is 9.77. The van der Waals surface area contributed by atoms with Gasteiger partial charge in [-0.25, -0.2) is 0 Å². The molecule has 2 heteroatoms. The third-order valence-corrected chi connectivity index (χ3v) is 3.12. The van der Waals surface area contributed by atoms with Crippen LogP contribution in [0.5, 0.6) is 0 Å². The van der Waals surface area contributed by atoms with Gasteiger partial charge in [-0.3, -0.25) is 0 Å². The fraction of sp³-hybridized carbons (Fsp3) is 0.400. The van der Waals surface area contributed by atoms with Crippen molar-refractivity contribution in [1.29, 1.82) is 0 Å². The lowest BCUT2D eigenvalue weighted by Crippen LogP contribution is -2.12. The molecule has 0 aromatic heterocycles. The van der Waals surface area contributed by atoms with E-state index < -0.39 is 0 Å². The van der Waals surface area contributed by atoms with Crippen molar-refractivity contribution in [1.82, 2.24) is 0 Å². The van der Waals surface area contributed by atoms with Crippen LogP contribution in [0.1, 0.15) is 33.3 Å². The number of benzene rings is 2. The van der Waals surface area contributed by atoms with Gasteiger partial charge in [0.15, 0.2) is 0 Å². The summed E-state index contributed by atoms with van der Waals surface area (Å²) in [7, 11) is 6.22. The molecule has 0 unspecified atom stereocenters. The molecule has 0 heterocycles. The summed E-state index contributed by atoms with van der Waals surface area (Å²) >= 11 is 0. The second kappa shape index (κ2) is 10.7. The SMILES string of the molecule is CC.CC.Cc1cccc(N(C)c2cccc(N(C)C)c2)c1. The maximum atomic E-state index is 2.21. The Balaban J connectivity index is 0.00000102. The molecule has 0 atom stereocenters. The summed E-state index contributed by atoms with van der Waals surface area (Å²) in [6, 6.07) is 17.1. The van der Waals surface area contributed by atoms with E-state index >= 15 is 0 Å². The monoisotopic (exact) mass is 300 g/mol. The predicted molar refractivity (Wildman–Crippen MR) is 103 cm³/mol. The predicted octanol–water partition coefficient (Wildman–Crippen LogP) is 5.88. The number of nitrogens with zero attached hydrogens (tertiary/aromatic N) is 2. The van der Waals surface area contributed by atoms with Crippen LogP contribution in [0, 0.1) is 6.92 Å². The third-order valence-electron chi connectivity index (χ3n) is 3.12.